The van der Waals surface area contributed by atoms with Crippen molar-refractivity contribution in [3.63, 3.8) is 0 Å². The van der Waals surface area contributed by atoms with Crippen LogP contribution < -0.4 is 0 Å². The van der Waals surface area contributed by atoms with Gasteiger partial charge in [0.25, 0.3) is 16.8 Å². The molecule has 6 nitrogen and oxygen atoms in total. The number of carbonyl (C=O) groups excluding carboxylic acids is 2. The highest BCUT2D eigenvalue weighted by Crippen LogP contribution is 2.38. The Morgan fingerprint density at radius 1 is 1.03 bits per heavy atom. The lowest BCUT2D eigenvalue weighted by Gasteiger charge is -2.12. The van der Waals surface area contributed by atoms with Gasteiger partial charge in [0.05, 0.1) is 21.3 Å². The summed E-state index contributed by atoms with van der Waals surface area (Å²) >= 11 is 7.97. The molecule has 3 aromatic carbocycles. The van der Waals surface area contributed by atoms with Crippen LogP contribution in [0.4, 0.5) is 10.5 Å². The highest BCUT2D eigenvalue weighted by atomic mass is 35.5. The minimum absolute atomic E-state index is 0.0813. The van der Waals surface area contributed by atoms with Crippen LogP contribution in [-0.4, -0.2) is 21.0 Å². The molecule has 0 atom stereocenters. The zero-order chi connectivity index (χ0) is 22.7. The van der Waals surface area contributed by atoms with E-state index in [0.29, 0.717) is 15.5 Å². The summed E-state index contributed by atoms with van der Waals surface area (Å²) in [6.45, 7) is 0.180. The molecule has 1 aliphatic heterocycles. The van der Waals surface area contributed by atoms with Crippen molar-refractivity contribution in [2.75, 3.05) is 0 Å². The first-order valence-electron chi connectivity index (χ1n) is 9.42. The molecule has 0 bridgehead atoms. The van der Waals surface area contributed by atoms with Crippen molar-refractivity contribution in [2.24, 2.45) is 0 Å². The van der Waals surface area contributed by atoms with Gasteiger partial charge in [0, 0.05) is 16.0 Å². The van der Waals surface area contributed by atoms with Crippen LogP contribution in [0.3, 0.4) is 0 Å². The van der Waals surface area contributed by atoms with Gasteiger partial charge < -0.3 is 0 Å². The maximum Gasteiger partial charge on any atom is 0.293 e. The van der Waals surface area contributed by atoms with E-state index in [0.717, 1.165) is 22.2 Å². The van der Waals surface area contributed by atoms with Crippen LogP contribution >= 0.6 is 35.1 Å². The van der Waals surface area contributed by atoms with E-state index >= 15 is 0 Å². The van der Waals surface area contributed by atoms with E-state index in [1.165, 1.54) is 28.8 Å². The van der Waals surface area contributed by atoms with Crippen molar-refractivity contribution in [3.05, 3.63) is 104 Å². The highest BCUT2D eigenvalue weighted by molar-refractivity contribution is 8.18. The van der Waals surface area contributed by atoms with Crippen LogP contribution in [-0.2, 0) is 11.3 Å². The Balaban J connectivity index is 1.57. The summed E-state index contributed by atoms with van der Waals surface area (Å²) < 4.78 is 0. The number of nitro benzene ring substituents is 1. The van der Waals surface area contributed by atoms with Crippen LogP contribution in [0.15, 0.2) is 87.5 Å². The van der Waals surface area contributed by atoms with Crippen molar-refractivity contribution in [3.8, 4) is 0 Å². The molecular weight excluding hydrogens is 468 g/mol. The molecule has 0 radical (unpaired) electrons. The van der Waals surface area contributed by atoms with E-state index in [1.807, 2.05) is 30.3 Å². The molecule has 1 heterocycles. The first-order valence-corrected chi connectivity index (χ1v) is 11.4. The molecule has 1 saturated heterocycles. The number of hydrogen-bond acceptors (Lipinski definition) is 6. The van der Waals surface area contributed by atoms with Gasteiger partial charge in [-0.3, -0.25) is 24.6 Å². The third-order valence-corrected chi connectivity index (χ3v) is 6.81. The fraction of sp³-hybridized carbons (Fsp3) is 0.0435. The Labute approximate surface area is 197 Å². The van der Waals surface area contributed by atoms with Gasteiger partial charge in [-0.25, -0.2) is 0 Å². The van der Waals surface area contributed by atoms with Gasteiger partial charge in [-0.05, 0) is 59.3 Å². The van der Waals surface area contributed by atoms with E-state index in [1.54, 1.807) is 36.4 Å². The van der Waals surface area contributed by atoms with Crippen LogP contribution in [0.1, 0.15) is 11.1 Å². The minimum atomic E-state index is -0.462. The monoisotopic (exact) mass is 482 g/mol. The van der Waals surface area contributed by atoms with Crippen molar-refractivity contribution >= 4 is 58.0 Å². The van der Waals surface area contributed by atoms with Crippen LogP contribution in [0.25, 0.3) is 6.08 Å². The second kappa shape index (κ2) is 9.60. The Morgan fingerprint density at radius 3 is 2.44 bits per heavy atom. The number of rotatable bonds is 6. The van der Waals surface area contributed by atoms with E-state index < -0.39 is 10.8 Å². The summed E-state index contributed by atoms with van der Waals surface area (Å²) in [5, 5.41) is 11.9. The smallest absolute Gasteiger partial charge is 0.268 e. The molecule has 0 aromatic heterocycles. The lowest BCUT2D eigenvalue weighted by Crippen LogP contribution is -2.27. The standard InChI is InChI=1S/C23H15ClN2O4S2/c24-17-7-9-18(10-8-17)31-20-11-6-16(12-19(20)26(29)30)13-21-22(27)25(23(28)32-21)14-15-4-2-1-3-5-15/h1-13H,14H2/b21-13-. The summed E-state index contributed by atoms with van der Waals surface area (Å²) in [6, 6.07) is 21.0. The number of nitrogens with zero attached hydrogens (tertiary/aromatic N) is 2. The summed E-state index contributed by atoms with van der Waals surface area (Å²) in [5.74, 6) is -0.411. The van der Waals surface area contributed by atoms with Gasteiger partial charge in [0.15, 0.2) is 0 Å². The van der Waals surface area contributed by atoms with Crippen LogP contribution in [0.2, 0.25) is 5.02 Å². The average molecular weight is 483 g/mol. The molecule has 2 amide bonds. The molecule has 32 heavy (non-hydrogen) atoms. The van der Waals surface area contributed by atoms with E-state index in [4.69, 9.17) is 11.6 Å². The number of hydrogen-bond donors (Lipinski definition) is 0. The summed E-state index contributed by atoms with van der Waals surface area (Å²) in [5.41, 5.74) is 1.24. The van der Waals surface area contributed by atoms with Gasteiger partial charge in [-0.15, -0.1) is 0 Å². The Morgan fingerprint density at radius 2 is 1.75 bits per heavy atom. The SMILES string of the molecule is O=C1S/C(=C\c2ccc(Sc3ccc(Cl)cc3)c([N+](=O)[O-])c2)C(=O)N1Cc1ccccc1. The van der Waals surface area contributed by atoms with Crippen molar-refractivity contribution < 1.29 is 14.5 Å². The third-order valence-electron chi connectivity index (χ3n) is 4.58. The van der Waals surface area contributed by atoms with E-state index in [-0.39, 0.29) is 22.4 Å². The quantitative estimate of drug-likeness (QED) is 0.222. The lowest BCUT2D eigenvalue weighted by atomic mass is 10.1. The zero-order valence-electron chi connectivity index (χ0n) is 16.4. The largest absolute Gasteiger partial charge is 0.293 e. The number of carbonyl (C=O) groups is 2. The van der Waals surface area contributed by atoms with E-state index in [9.17, 15) is 19.7 Å². The molecule has 1 aliphatic rings. The number of benzene rings is 3. The number of halogens is 1. The molecule has 9 heteroatoms. The second-order valence-corrected chi connectivity index (χ2v) is 9.34. The van der Waals surface area contributed by atoms with Crippen molar-refractivity contribution in [1.29, 1.82) is 0 Å². The molecule has 160 valence electrons. The fourth-order valence-electron chi connectivity index (χ4n) is 3.04. The molecule has 0 unspecified atom stereocenters. The normalized spacial score (nSPS) is 14.9. The van der Waals surface area contributed by atoms with Gasteiger partial charge in [-0.1, -0.05) is 59.8 Å². The summed E-state index contributed by atoms with van der Waals surface area (Å²) in [6.07, 6.45) is 1.51. The average Bonchev–Trinajstić information content (AvgIpc) is 3.04. The Kier molecular flexibility index (Phi) is 6.64. The maximum atomic E-state index is 12.7. The van der Waals surface area contributed by atoms with Gasteiger partial charge >= 0.3 is 0 Å². The molecule has 3 aromatic rings. The maximum absolute atomic E-state index is 12.7. The predicted octanol–water partition coefficient (Wildman–Crippen LogP) is 6.64. The van der Waals surface area contributed by atoms with Crippen LogP contribution in [0, 0.1) is 10.1 Å². The lowest BCUT2D eigenvalue weighted by molar-refractivity contribution is -0.387. The zero-order valence-corrected chi connectivity index (χ0v) is 18.8. The van der Waals surface area contributed by atoms with Gasteiger partial charge in [0.2, 0.25) is 0 Å². The predicted molar refractivity (Wildman–Crippen MR) is 127 cm³/mol. The summed E-state index contributed by atoms with van der Waals surface area (Å²) in [4.78, 5) is 39.0. The number of imide groups is 1. The first kappa shape index (κ1) is 22.1. The second-order valence-electron chi connectivity index (χ2n) is 6.79. The van der Waals surface area contributed by atoms with Crippen molar-refractivity contribution in [1.82, 2.24) is 4.90 Å². The van der Waals surface area contributed by atoms with Crippen molar-refractivity contribution in [2.45, 2.75) is 16.3 Å². The molecule has 0 aliphatic carbocycles. The Hall–Kier alpha value is -3.07. The number of amides is 2. The molecule has 1 fully saturated rings. The molecular formula is C23H15ClN2O4S2. The highest BCUT2D eigenvalue weighted by Gasteiger charge is 2.35. The summed E-state index contributed by atoms with van der Waals surface area (Å²) in [7, 11) is 0. The third kappa shape index (κ3) is 5.04. The topological polar surface area (TPSA) is 80.5 Å². The molecule has 0 spiro atoms. The van der Waals surface area contributed by atoms with Gasteiger partial charge in [0.1, 0.15) is 0 Å². The van der Waals surface area contributed by atoms with E-state index in [2.05, 4.69) is 0 Å². The number of thioether (sulfide) groups is 1. The molecule has 0 saturated carbocycles. The van der Waals surface area contributed by atoms with Gasteiger partial charge in [-0.2, -0.15) is 0 Å². The minimum Gasteiger partial charge on any atom is -0.268 e. The molecule has 0 N–H and O–H groups in total. The number of nitro groups is 1. The fourth-order valence-corrected chi connectivity index (χ4v) is 4.90. The molecule has 4 rings (SSSR count). The first-order chi connectivity index (χ1) is 15.4. The van der Waals surface area contributed by atoms with Crippen LogP contribution in [0.5, 0.6) is 0 Å². The Bertz CT molecular complexity index is 1230.